The van der Waals surface area contributed by atoms with E-state index < -0.39 is 0 Å². The van der Waals surface area contributed by atoms with Crippen LogP contribution in [0.25, 0.3) is 11.1 Å². The molecule has 3 rings (SSSR count). The molecule has 5 heteroatoms. The lowest BCUT2D eigenvalue weighted by molar-refractivity contribution is 0.0632. The smallest absolute Gasteiger partial charge is 0.254 e. The van der Waals surface area contributed by atoms with E-state index in [9.17, 15) is 4.79 Å². The molecule has 1 heterocycles. The lowest BCUT2D eigenvalue weighted by Crippen LogP contribution is -2.38. The van der Waals surface area contributed by atoms with Gasteiger partial charge in [-0.2, -0.15) is 0 Å². The maximum absolute atomic E-state index is 13.0. The maximum Gasteiger partial charge on any atom is 0.254 e. The van der Waals surface area contributed by atoms with Crippen LogP contribution < -0.4 is 0 Å². The minimum Gasteiger partial charge on any atom is -0.399 e. The van der Waals surface area contributed by atoms with Gasteiger partial charge in [-0.25, -0.2) is 0 Å². The van der Waals surface area contributed by atoms with Crippen molar-refractivity contribution < 1.29 is 14.4 Å². The van der Waals surface area contributed by atoms with Gasteiger partial charge in [-0.3, -0.25) is 4.79 Å². The molecule has 1 atom stereocenters. The van der Waals surface area contributed by atoms with E-state index in [-0.39, 0.29) is 11.9 Å². The van der Waals surface area contributed by atoms with Crippen LogP contribution in [-0.2, 0) is 9.57 Å². The Balaban J connectivity index is 1.81. The minimum absolute atomic E-state index is 0.00955. The van der Waals surface area contributed by atoms with E-state index in [1.807, 2.05) is 41.3 Å². The SMILES string of the molecule is COC[C@@H]1C/C(=N\OC)CN1C(=O)c1ccc(-c2ccccc2C)cc1. The van der Waals surface area contributed by atoms with Gasteiger partial charge in [-0.1, -0.05) is 41.6 Å². The van der Waals surface area contributed by atoms with E-state index in [0.717, 1.165) is 11.3 Å². The topological polar surface area (TPSA) is 51.1 Å². The summed E-state index contributed by atoms with van der Waals surface area (Å²) in [5.74, 6) is -0.00955. The molecule has 1 aliphatic heterocycles. The molecule has 0 aliphatic carbocycles. The number of hydrogen-bond donors (Lipinski definition) is 0. The molecule has 1 amide bonds. The van der Waals surface area contributed by atoms with Crippen molar-refractivity contribution in [2.75, 3.05) is 27.4 Å². The van der Waals surface area contributed by atoms with Gasteiger partial charge < -0.3 is 14.5 Å². The molecular weight excluding hydrogens is 328 g/mol. The van der Waals surface area contributed by atoms with Crippen molar-refractivity contribution in [3.63, 3.8) is 0 Å². The number of hydrogen-bond acceptors (Lipinski definition) is 4. The number of nitrogens with zero attached hydrogens (tertiary/aromatic N) is 2. The molecule has 5 nitrogen and oxygen atoms in total. The second-order valence-electron chi connectivity index (χ2n) is 6.48. The quantitative estimate of drug-likeness (QED) is 0.774. The fraction of sp³-hybridized carbons (Fsp3) is 0.333. The first-order chi connectivity index (χ1) is 12.6. The monoisotopic (exact) mass is 352 g/mol. The average Bonchev–Trinajstić information content (AvgIpc) is 3.05. The number of carbonyl (C=O) groups is 1. The summed E-state index contributed by atoms with van der Waals surface area (Å²) in [6.07, 6.45) is 0.675. The summed E-state index contributed by atoms with van der Waals surface area (Å²) >= 11 is 0. The van der Waals surface area contributed by atoms with Crippen LogP contribution in [0.1, 0.15) is 22.3 Å². The number of oxime groups is 1. The predicted molar refractivity (Wildman–Crippen MR) is 102 cm³/mol. The van der Waals surface area contributed by atoms with Crippen molar-refractivity contribution >= 4 is 11.6 Å². The number of likely N-dealkylation sites (tertiary alicyclic amines) is 1. The Hall–Kier alpha value is -2.66. The molecule has 2 aromatic carbocycles. The van der Waals surface area contributed by atoms with Crippen LogP contribution in [0, 0.1) is 6.92 Å². The Labute approximate surface area is 154 Å². The summed E-state index contributed by atoms with van der Waals surface area (Å²) in [4.78, 5) is 19.7. The van der Waals surface area contributed by atoms with Gasteiger partial charge in [0.05, 0.1) is 24.9 Å². The zero-order chi connectivity index (χ0) is 18.5. The summed E-state index contributed by atoms with van der Waals surface area (Å²) in [5, 5.41) is 4.01. The number of rotatable bonds is 5. The number of amides is 1. The number of ether oxygens (including phenoxy) is 1. The van der Waals surface area contributed by atoms with E-state index >= 15 is 0 Å². The largest absolute Gasteiger partial charge is 0.399 e. The van der Waals surface area contributed by atoms with Crippen molar-refractivity contribution in [1.82, 2.24) is 4.90 Å². The molecule has 1 saturated heterocycles. The highest BCUT2D eigenvalue weighted by atomic mass is 16.6. The maximum atomic E-state index is 13.0. The van der Waals surface area contributed by atoms with Crippen LogP contribution in [0.5, 0.6) is 0 Å². The first-order valence-corrected chi connectivity index (χ1v) is 8.69. The lowest BCUT2D eigenvalue weighted by atomic mass is 9.99. The van der Waals surface area contributed by atoms with Crippen molar-refractivity contribution in [3.8, 4) is 11.1 Å². The van der Waals surface area contributed by atoms with Gasteiger partial charge in [-0.05, 0) is 35.7 Å². The second-order valence-corrected chi connectivity index (χ2v) is 6.48. The zero-order valence-electron chi connectivity index (χ0n) is 15.4. The van der Waals surface area contributed by atoms with Crippen molar-refractivity contribution in [3.05, 3.63) is 59.7 Å². The van der Waals surface area contributed by atoms with Crippen molar-refractivity contribution in [2.24, 2.45) is 5.16 Å². The second kappa shape index (κ2) is 8.15. The molecule has 0 saturated carbocycles. The highest BCUT2D eigenvalue weighted by molar-refractivity contribution is 6.00. The molecule has 136 valence electrons. The van der Waals surface area contributed by atoms with Crippen molar-refractivity contribution in [2.45, 2.75) is 19.4 Å². The van der Waals surface area contributed by atoms with Crippen molar-refractivity contribution in [1.29, 1.82) is 0 Å². The molecule has 1 fully saturated rings. The average molecular weight is 352 g/mol. The van der Waals surface area contributed by atoms with E-state index in [1.165, 1.54) is 18.2 Å². The molecular formula is C21H24N2O3. The van der Waals surface area contributed by atoms with Gasteiger partial charge in [0.1, 0.15) is 7.11 Å². The fourth-order valence-electron chi connectivity index (χ4n) is 3.40. The summed E-state index contributed by atoms with van der Waals surface area (Å²) < 4.78 is 5.27. The van der Waals surface area contributed by atoms with Gasteiger partial charge in [0.2, 0.25) is 0 Å². The van der Waals surface area contributed by atoms with Gasteiger partial charge in [-0.15, -0.1) is 0 Å². The third kappa shape index (κ3) is 3.78. The Morgan fingerprint density at radius 1 is 1.15 bits per heavy atom. The number of carbonyl (C=O) groups excluding carboxylic acids is 1. The molecule has 1 aliphatic rings. The van der Waals surface area contributed by atoms with Gasteiger partial charge >= 0.3 is 0 Å². The molecule has 2 aromatic rings. The van der Waals surface area contributed by atoms with E-state index in [2.05, 4.69) is 24.2 Å². The number of benzene rings is 2. The molecule has 0 bridgehead atoms. The van der Waals surface area contributed by atoms with Gasteiger partial charge in [0.25, 0.3) is 5.91 Å². The van der Waals surface area contributed by atoms with Crippen LogP contribution in [0.15, 0.2) is 53.7 Å². The van der Waals surface area contributed by atoms with Crippen LogP contribution in [0.3, 0.4) is 0 Å². The number of methoxy groups -OCH3 is 1. The summed E-state index contributed by atoms with van der Waals surface area (Å²) in [5.41, 5.74) is 5.03. The van der Waals surface area contributed by atoms with Gasteiger partial charge in [0, 0.05) is 19.1 Å². The van der Waals surface area contributed by atoms with Gasteiger partial charge in [0.15, 0.2) is 0 Å². The fourth-order valence-corrected chi connectivity index (χ4v) is 3.40. The lowest BCUT2D eigenvalue weighted by Gasteiger charge is -2.23. The minimum atomic E-state index is -0.0163. The van der Waals surface area contributed by atoms with Crippen LogP contribution in [-0.4, -0.2) is 49.9 Å². The molecule has 0 spiro atoms. The van der Waals surface area contributed by atoms with E-state index in [4.69, 9.17) is 9.57 Å². The van der Waals surface area contributed by atoms with Crippen LogP contribution in [0.2, 0.25) is 0 Å². The first-order valence-electron chi connectivity index (χ1n) is 8.69. The summed E-state index contributed by atoms with van der Waals surface area (Å²) in [7, 11) is 3.16. The third-order valence-electron chi connectivity index (χ3n) is 4.69. The molecule has 0 unspecified atom stereocenters. The zero-order valence-corrected chi connectivity index (χ0v) is 15.4. The Bertz CT molecular complexity index is 799. The van der Waals surface area contributed by atoms with Crippen LogP contribution >= 0.6 is 0 Å². The highest BCUT2D eigenvalue weighted by Gasteiger charge is 2.33. The molecule has 26 heavy (non-hydrogen) atoms. The predicted octanol–water partition coefficient (Wildman–Crippen LogP) is 3.53. The Morgan fingerprint density at radius 2 is 1.88 bits per heavy atom. The normalized spacial score (nSPS) is 18.3. The molecule has 0 aromatic heterocycles. The summed E-state index contributed by atoms with van der Waals surface area (Å²) in [6, 6.07) is 16.0. The van der Waals surface area contributed by atoms with E-state index in [0.29, 0.717) is 25.1 Å². The Morgan fingerprint density at radius 3 is 2.54 bits per heavy atom. The molecule has 0 radical (unpaired) electrons. The Kier molecular flexibility index (Phi) is 5.68. The van der Waals surface area contributed by atoms with E-state index in [1.54, 1.807) is 7.11 Å². The third-order valence-corrected chi connectivity index (χ3v) is 4.69. The first kappa shape index (κ1) is 18.1. The molecule has 0 N–H and O–H groups in total. The highest BCUT2D eigenvalue weighted by Crippen LogP contribution is 2.25. The summed E-state index contributed by atoms with van der Waals surface area (Å²) in [6.45, 7) is 3.04. The van der Waals surface area contributed by atoms with Crippen LogP contribution in [0.4, 0.5) is 0 Å². The standard InChI is InChI=1S/C21H24N2O3/c1-15-6-4-5-7-20(15)16-8-10-17(11-9-16)21(24)23-13-18(22-26-3)12-19(23)14-25-2/h4-11,19H,12-14H2,1-3H3/b22-18+/t19-/m0/s1. The number of aryl methyl sites for hydroxylation is 1.